The van der Waals surface area contributed by atoms with Gasteiger partial charge < -0.3 is 4.74 Å². The molecule has 0 unspecified atom stereocenters. The van der Waals surface area contributed by atoms with Gasteiger partial charge in [0.15, 0.2) is 0 Å². The molecule has 170 valence electrons. The largest absolute Gasteiger partial charge is 2.00 e. The Balaban J connectivity index is 0. The number of benzene rings is 4. The molecule has 33 heavy (non-hydrogen) atoms. The topological polar surface area (TPSA) is 9.23 Å². The van der Waals surface area contributed by atoms with Gasteiger partial charge in [-0.3, -0.25) is 0 Å². The summed E-state index contributed by atoms with van der Waals surface area (Å²) in [6.45, 7) is 6.40. The van der Waals surface area contributed by atoms with Crippen molar-refractivity contribution >= 4 is 34.3 Å². The van der Waals surface area contributed by atoms with Crippen molar-refractivity contribution in [2.24, 2.45) is 0 Å². The van der Waals surface area contributed by atoms with Crippen LogP contribution in [0.15, 0.2) is 109 Å². The standard InChI is InChI=1S/C20H17O.C6H5.C2H6Si.2ClH.Ti/c1-16-12-13-20(21-19-10-6-3-7-11-19)18(14-16)15-17-8-4-2-5-9-17;1-2-4-6-5-3-1;1-3-2;;;/h2-15H,1H3;1-5H;1-2H3;2*1H;/q2*-1;;;;+2. The summed E-state index contributed by atoms with van der Waals surface area (Å²) in [6, 6.07) is 38.9. The summed E-state index contributed by atoms with van der Waals surface area (Å²) in [5.74, 6) is 1.72. The van der Waals surface area contributed by atoms with Gasteiger partial charge in [-0.25, -0.2) is 0 Å². The Morgan fingerprint density at radius 2 is 1.24 bits per heavy atom. The van der Waals surface area contributed by atoms with Gasteiger partial charge in [-0.15, -0.1) is 55.0 Å². The van der Waals surface area contributed by atoms with Crippen molar-refractivity contribution in [3.05, 3.63) is 138 Å². The molecule has 0 heterocycles. The van der Waals surface area contributed by atoms with E-state index < -0.39 is 0 Å². The second kappa shape index (κ2) is 20.7. The van der Waals surface area contributed by atoms with Crippen LogP contribution in [-0.4, -0.2) is 9.52 Å². The molecule has 4 aromatic rings. The molecule has 4 aromatic carbocycles. The summed E-state index contributed by atoms with van der Waals surface area (Å²) in [5, 5.41) is 0. The van der Waals surface area contributed by atoms with Crippen LogP contribution in [-0.2, 0) is 21.7 Å². The van der Waals surface area contributed by atoms with E-state index in [1.54, 1.807) is 0 Å². The van der Waals surface area contributed by atoms with E-state index in [1.165, 1.54) is 11.1 Å². The van der Waals surface area contributed by atoms with E-state index in [0.29, 0.717) is 0 Å². The number of hydrogen-bond acceptors (Lipinski definition) is 1. The Morgan fingerprint density at radius 3 is 1.73 bits per heavy atom. The fourth-order valence-corrected chi connectivity index (χ4v) is 2.56. The first-order chi connectivity index (χ1) is 14.7. The Bertz CT molecular complexity index is 928. The zero-order valence-corrected chi connectivity index (χ0v) is 23.4. The van der Waals surface area contributed by atoms with Crippen molar-refractivity contribution in [2.45, 2.75) is 20.0 Å². The van der Waals surface area contributed by atoms with Gasteiger partial charge in [0, 0.05) is 9.52 Å². The summed E-state index contributed by atoms with van der Waals surface area (Å²) in [6.07, 6.45) is 2.14. The average molecular weight is 529 g/mol. The number of para-hydroxylation sites is 1. The van der Waals surface area contributed by atoms with Gasteiger partial charge in [-0.05, 0) is 19.1 Å². The van der Waals surface area contributed by atoms with Crippen LogP contribution in [0.1, 0.15) is 16.7 Å². The molecule has 4 rings (SSSR count). The summed E-state index contributed by atoms with van der Waals surface area (Å²) in [5.41, 5.74) is 3.48. The average Bonchev–Trinajstić information content (AvgIpc) is 2.79. The monoisotopic (exact) mass is 528 g/mol. The Morgan fingerprint density at radius 1 is 0.727 bits per heavy atom. The molecule has 0 N–H and O–H groups in total. The minimum atomic E-state index is 0. The van der Waals surface area contributed by atoms with Crippen LogP contribution in [0.5, 0.6) is 11.5 Å². The van der Waals surface area contributed by atoms with E-state index in [2.05, 4.69) is 56.8 Å². The number of ether oxygens (including phenoxy) is 1. The maximum absolute atomic E-state index is 6.01. The third kappa shape index (κ3) is 14.0. The van der Waals surface area contributed by atoms with Crippen LogP contribution in [0.25, 0.3) is 0 Å². The third-order valence-electron chi connectivity index (χ3n) is 3.87. The number of aryl methyl sites for hydroxylation is 1. The minimum Gasteiger partial charge on any atom is -0.492 e. The van der Waals surface area contributed by atoms with Gasteiger partial charge in [-0.2, -0.15) is 36.4 Å². The Labute approximate surface area is 229 Å². The van der Waals surface area contributed by atoms with Crippen LogP contribution in [0.4, 0.5) is 0 Å². The first-order valence-electron chi connectivity index (χ1n) is 9.96. The van der Waals surface area contributed by atoms with Gasteiger partial charge >= 0.3 is 21.7 Å². The zero-order chi connectivity index (χ0) is 21.4. The second-order valence-electron chi connectivity index (χ2n) is 6.59. The van der Waals surface area contributed by atoms with Crippen molar-refractivity contribution in [1.82, 2.24) is 0 Å². The fourth-order valence-electron chi connectivity index (χ4n) is 2.56. The smallest absolute Gasteiger partial charge is 0.492 e. The molecule has 2 radical (unpaired) electrons. The molecule has 0 bridgehead atoms. The molecule has 0 aliphatic rings. The van der Waals surface area contributed by atoms with Crippen molar-refractivity contribution < 1.29 is 26.5 Å². The molecule has 0 aliphatic heterocycles. The molecule has 0 atom stereocenters. The number of rotatable bonds is 4. The quantitative estimate of drug-likeness (QED) is 0.190. The minimum absolute atomic E-state index is 0. The summed E-state index contributed by atoms with van der Waals surface area (Å²) in [7, 11) is 1.08. The SMILES string of the molecule is C[Si]C.Cc1ccc(Oc2ccccc2)c([CH-]c2ccccc2)c1.Cl.Cl.[Ti+2].[c-]1ccccc1. The predicted molar refractivity (Wildman–Crippen MR) is 144 cm³/mol. The molecule has 0 aromatic heterocycles. The third-order valence-corrected chi connectivity index (χ3v) is 3.87. The van der Waals surface area contributed by atoms with E-state index >= 15 is 0 Å². The molecule has 0 aliphatic carbocycles. The van der Waals surface area contributed by atoms with Crippen LogP contribution in [0.2, 0.25) is 13.1 Å². The first-order valence-corrected chi connectivity index (χ1v) is 12.0. The zero-order valence-electron chi connectivity index (χ0n) is 19.2. The number of halogens is 2. The molecular weight excluding hydrogens is 499 g/mol. The normalized spacial score (nSPS) is 8.45. The van der Waals surface area contributed by atoms with Crippen molar-refractivity contribution in [2.75, 3.05) is 0 Å². The van der Waals surface area contributed by atoms with Gasteiger partial charge in [0.05, 0.1) is 5.75 Å². The maximum Gasteiger partial charge on any atom is 2.00 e. The fraction of sp³-hybridized carbons (Fsp3) is 0.107. The first kappa shape index (κ1) is 33.2. The Kier molecular flexibility index (Phi) is 20.8. The maximum atomic E-state index is 6.01. The molecule has 0 spiro atoms. The molecule has 5 heteroatoms. The van der Waals surface area contributed by atoms with Crippen molar-refractivity contribution in [1.29, 1.82) is 0 Å². The van der Waals surface area contributed by atoms with Crippen LogP contribution < -0.4 is 4.74 Å². The van der Waals surface area contributed by atoms with Crippen LogP contribution in [0, 0.1) is 19.4 Å². The van der Waals surface area contributed by atoms with E-state index in [4.69, 9.17) is 4.74 Å². The van der Waals surface area contributed by atoms with Crippen molar-refractivity contribution in [3.8, 4) is 11.5 Å². The molecule has 0 amide bonds. The van der Waals surface area contributed by atoms with E-state index in [1.807, 2.05) is 84.9 Å². The molecule has 0 fully saturated rings. The van der Waals surface area contributed by atoms with Crippen LogP contribution >= 0.6 is 24.8 Å². The molecule has 0 saturated heterocycles. The summed E-state index contributed by atoms with van der Waals surface area (Å²) < 4.78 is 6.01. The summed E-state index contributed by atoms with van der Waals surface area (Å²) in [4.78, 5) is 0. The second-order valence-corrected chi connectivity index (χ2v) is 7.59. The van der Waals surface area contributed by atoms with Gasteiger partial charge in [-0.1, -0.05) is 72.8 Å². The van der Waals surface area contributed by atoms with E-state index in [0.717, 1.165) is 26.6 Å². The molecule has 0 saturated carbocycles. The van der Waals surface area contributed by atoms with E-state index in [9.17, 15) is 0 Å². The molecular formula is C28H30Cl2OSiTi. The number of hydrogen-bond donors (Lipinski definition) is 0. The van der Waals surface area contributed by atoms with Crippen LogP contribution in [0.3, 0.4) is 0 Å². The van der Waals surface area contributed by atoms with Gasteiger partial charge in [0.1, 0.15) is 5.75 Å². The molecule has 1 nitrogen and oxygen atoms in total. The van der Waals surface area contributed by atoms with Crippen molar-refractivity contribution in [3.63, 3.8) is 0 Å². The van der Waals surface area contributed by atoms with E-state index in [-0.39, 0.29) is 46.5 Å². The Hall–Kier alpha value is -1.94. The predicted octanol–water partition coefficient (Wildman–Crippen LogP) is 8.50. The summed E-state index contributed by atoms with van der Waals surface area (Å²) >= 11 is 0. The van der Waals surface area contributed by atoms with Gasteiger partial charge in [0.2, 0.25) is 0 Å². The van der Waals surface area contributed by atoms with Gasteiger partial charge in [0.25, 0.3) is 0 Å².